The molecule has 84 valence electrons. The van der Waals surface area contributed by atoms with E-state index < -0.39 is 5.92 Å². The first-order valence-electron chi connectivity index (χ1n) is 5.00. The Morgan fingerprint density at radius 3 is 3.12 bits per heavy atom. The molecule has 0 aliphatic carbocycles. The fraction of sp³-hybridized carbons (Fsp3) is 0.0909. The van der Waals surface area contributed by atoms with E-state index in [1.54, 1.807) is 24.5 Å². The number of hydrogen-bond donors (Lipinski definition) is 1. The van der Waals surface area contributed by atoms with E-state index in [2.05, 4.69) is 15.0 Å². The summed E-state index contributed by atoms with van der Waals surface area (Å²) in [4.78, 5) is 23.0. The first-order valence-corrected chi connectivity index (χ1v) is 5.00. The van der Waals surface area contributed by atoms with Crippen molar-refractivity contribution >= 4 is 23.6 Å². The Bertz CT molecular complexity index is 589. The summed E-state index contributed by atoms with van der Waals surface area (Å²) < 4.78 is 5.59. The molecule has 0 saturated carbocycles. The van der Waals surface area contributed by atoms with Crippen molar-refractivity contribution in [1.29, 1.82) is 0 Å². The topological polar surface area (TPSA) is 89.9 Å². The molecule has 0 saturated heterocycles. The number of aldehydes is 1. The highest BCUT2D eigenvalue weighted by Crippen LogP contribution is 2.33. The molecule has 0 radical (unpaired) electrons. The quantitative estimate of drug-likeness (QED) is 0.711. The fourth-order valence-corrected chi connectivity index (χ4v) is 1.62. The van der Waals surface area contributed by atoms with Crippen molar-refractivity contribution in [3.05, 3.63) is 30.3 Å². The maximum absolute atomic E-state index is 10.8. The van der Waals surface area contributed by atoms with Gasteiger partial charge in [0, 0.05) is 12.3 Å². The number of aromatic nitrogens is 1. The van der Waals surface area contributed by atoms with Crippen molar-refractivity contribution in [2.45, 2.75) is 0 Å². The number of carbonyl (C=O) groups is 1. The number of hydrogen-bond acceptors (Lipinski definition) is 6. The minimum Gasteiger partial charge on any atom is -0.451 e. The predicted molar refractivity (Wildman–Crippen MR) is 61.2 cm³/mol. The lowest BCUT2D eigenvalue weighted by Gasteiger charge is -2.21. The van der Waals surface area contributed by atoms with Crippen molar-refractivity contribution in [2.24, 2.45) is 21.6 Å². The number of nitrogens with two attached hydrogens (primary N) is 1. The first kappa shape index (κ1) is 9.71. The van der Waals surface area contributed by atoms with Crippen molar-refractivity contribution in [3.8, 4) is 5.75 Å². The summed E-state index contributed by atoms with van der Waals surface area (Å²) in [6, 6.07) is 1.70. The summed E-state index contributed by atoms with van der Waals surface area (Å²) in [5.41, 5.74) is 6.24. The standard InChI is InChI=1S/C11H8N4O2/c12-10-6(5-16)3-9-11(15-10)14-7-4-13-2-1-8(7)17-9/h1-6H,(H2,12,14,15). The molecule has 2 N–H and O–H groups in total. The van der Waals surface area contributed by atoms with Crippen LogP contribution in [0.15, 0.2) is 40.3 Å². The highest BCUT2D eigenvalue weighted by molar-refractivity contribution is 6.13. The zero-order valence-corrected chi connectivity index (χ0v) is 8.70. The van der Waals surface area contributed by atoms with Gasteiger partial charge in [-0.3, -0.25) is 4.98 Å². The van der Waals surface area contributed by atoms with E-state index in [0.717, 1.165) is 0 Å². The Morgan fingerprint density at radius 2 is 2.29 bits per heavy atom. The lowest BCUT2D eigenvalue weighted by Crippen LogP contribution is -2.31. The van der Waals surface area contributed by atoms with Gasteiger partial charge in [-0.05, 0) is 6.08 Å². The summed E-state index contributed by atoms with van der Waals surface area (Å²) >= 11 is 0. The summed E-state index contributed by atoms with van der Waals surface area (Å²) in [5, 5.41) is 0. The van der Waals surface area contributed by atoms with Crippen LogP contribution in [0, 0.1) is 5.92 Å². The molecule has 0 amide bonds. The Kier molecular flexibility index (Phi) is 2.01. The van der Waals surface area contributed by atoms with Crippen LogP contribution in [-0.4, -0.2) is 22.9 Å². The van der Waals surface area contributed by atoms with Gasteiger partial charge in [-0.25, -0.2) is 9.98 Å². The molecule has 0 bridgehead atoms. The first-order chi connectivity index (χ1) is 8.28. The molecule has 17 heavy (non-hydrogen) atoms. The smallest absolute Gasteiger partial charge is 0.197 e. The van der Waals surface area contributed by atoms with Gasteiger partial charge in [-0.15, -0.1) is 0 Å². The number of aliphatic imine (C=N–C) groups is 2. The van der Waals surface area contributed by atoms with Gasteiger partial charge in [0.2, 0.25) is 0 Å². The zero-order chi connectivity index (χ0) is 11.8. The highest BCUT2D eigenvalue weighted by atomic mass is 16.5. The Labute approximate surface area is 96.5 Å². The molecule has 1 unspecified atom stereocenters. The molecule has 1 aromatic rings. The van der Waals surface area contributed by atoms with Crippen LogP contribution in [0.1, 0.15) is 0 Å². The van der Waals surface area contributed by atoms with Crippen LogP contribution >= 0.6 is 0 Å². The molecular formula is C11H8N4O2. The summed E-state index contributed by atoms with van der Waals surface area (Å²) in [5.74, 6) is 1.09. The van der Waals surface area contributed by atoms with Crippen LogP contribution < -0.4 is 10.5 Å². The molecule has 0 aromatic carbocycles. The van der Waals surface area contributed by atoms with Gasteiger partial charge in [0.25, 0.3) is 0 Å². The number of fused-ring (bicyclic) bond motifs is 2. The van der Waals surface area contributed by atoms with E-state index in [4.69, 9.17) is 10.5 Å². The number of dihydropyridines is 1. The van der Waals surface area contributed by atoms with Gasteiger partial charge < -0.3 is 15.3 Å². The van der Waals surface area contributed by atoms with Gasteiger partial charge in [0.05, 0.1) is 12.1 Å². The maximum Gasteiger partial charge on any atom is 0.197 e. The third-order valence-electron chi connectivity index (χ3n) is 2.48. The minimum absolute atomic E-state index is 0.221. The molecule has 3 heterocycles. The molecular weight excluding hydrogens is 220 g/mol. The third-order valence-corrected chi connectivity index (χ3v) is 2.48. The fourth-order valence-electron chi connectivity index (χ4n) is 1.62. The van der Waals surface area contributed by atoms with Gasteiger partial charge in [-0.1, -0.05) is 0 Å². The number of ether oxygens (including phenoxy) is 1. The Morgan fingerprint density at radius 1 is 1.41 bits per heavy atom. The SMILES string of the molecule is NC1=NC2=Nc3cnccc3OC2=CC1C=O. The summed E-state index contributed by atoms with van der Waals surface area (Å²) in [6.45, 7) is 0. The molecule has 1 atom stereocenters. The molecule has 6 heteroatoms. The Balaban J connectivity index is 2.11. The Hall–Kier alpha value is -2.50. The number of rotatable bonds is 1. The van der Waals surface area contributed by atoms with Crippen molar-refractivity contribution in [3.63, 3.8) is 0 Å². The largest absolute Gasteiger partial charge is 0.451 e. The van der Waals surface area contributed by atoms with Crippen LogP contribution in [0.2, 0.25) is 0 Å². The second kappa shape index (κ2) is 3.51. The van der Waals surface area contributed by atoms with Crippen LogP contribution in [0.4, 0.5) is 5.69 Å². The number of carbonyl (C=O) groups excluding carboxylic acids is 1. The van der Waals surface area contributed by atoms with Gasteiger partial charge >= 0.3 is 0 Å². The average molecular weight is 228 g/mol. The lowest BCUT2D eigenvalue weighted by atomic mass is 10.1. The van der Waals surface area contributed by atoms with Crippen molar-refractivity contribution in [1.82, 2.24) is 4.98 Å². The molecule has 0 spiro atoms. The maximum atomic E-state index is 10.8. The van der Waals surface area contributed by atoms with E-state index in [0.29, 0.717) is 29.3 Å². The average Bonchev–Trinajstić information content (AvgIpc) is 2.35. The van der Waals surface area contributed by atoms with Crippen LogP contribution in [-0.2, 0) is 4.79 Å². The lowest BCUT2D eigenvalue weighted by molar-refractivity contribution is -0.108. The van der Waals surface area contributed by atoms with Gasteiger partial charge in [-0.2, -0.15) is 0 Å². The third kappa shape index (κ3) is 1.50. The molecule has 3 rings (SSSR count). The van der Waals surface area contributed by atoms with E-state index in [9.17, 15) is 4.79 Å². The van der Waals surface area contributed by atoms with Crippen molar-refractivity contribution in [2.75, 3.05) is 0 Å². The monoisotopic (exact) mass is 228 g/mol. The van der Waals surface area contributed by atoms with Crippen LogP contribution in [0.5, 0.6) is 5.75 Å². The summed E-state index contributed by atoms with van der Waals surface area (Å²) in [6.07, 6.45) is 5.51. The highest BCUT2D eigenvalue weighted by Gasteiger charge is 2.26. The molecule has 2 aliphatic rings. The van der Waals surface area contributed by atoms with Gasteiger partial charge in [0.15, 0.2) is 17.3 Å². The predicted octanol–water partition coefficient (Wildman–Crippen LogP) is 0.574. The van der Waals surface area contributed by atoms with E-state index >= 15 is 0 Å². The van der Waals surface area contributed by atoms with E-state index in [1.807, 2.05) is 0 Å². The van der Waals surface area contributed by atoms with Crippen LogP contribution in [0.3, 0.4) is 0 Å². The molecule has 1 aromatic heterocycles. The molecule has 6 nitrogen and oxygen atoms in total. The minimum atomic E-state index is -0.549. The molecule has 0 fully saturated rings. The van der Waals surface area contributed by atoms with Crippen LogP contribution in [0.25, 0.3) is 0 Å². The van der Waals surface area contributed by atoms with Crippen molar-refractivity contribution < 1.29 is 9.53 Å². The summed E-state index contributed by atoms with van der Waals surface area (Å²) in [7, 11) is 0. The zero-order valence-electron chi connectivity index (χ0n) is 8.70. The van der Waals surface area contributed by atoms with E-state index in [1.165, 1.54) is 0 Å². The number of pyridine rings is 1. The second-order valence-corrected chi connectivity index (χ2v) is 3.61. The normalized spacial score (nSPS) is 21.2. The number of nitrogens with zero attached hydrogens (tertiary/aromatic N) is 3. The number of amidine groups is 2. The second-order valence-electron chi connectivity index (χ2n) is 3.61. The van der Waals surface area contributed by atoms with E-state index in [-0.39, 0.29) is 5.84 Å². The van der Waals surface area contributed by atoms with Gasteiger partial charge in [0.1, 0.15) is 17.8 Å². The molecule has 2 aliphatic heterocycles.